The number of aryl methyl sites for hydroxylation is 3. The van der Waals surface area contributed by atoms with Gasteiger partial charge in [-0.2, -0.15) is 31.1 Å². The molecule has 698 valence electrons. The highest BCUT2D eigenvalue weighted by Crippen LogP contribution is 2.38. The number of alkyl carbamates (subject to hydrolysis) is 2. The first-order chi connectivity index (χ1) is 63.5. The number of carbonyl (C=O) groups is 5. The summed E-state index contributed by atoms with van der Waals surface area (Å²) in [5.74, 6) is -0.636. The molecule has 3 aliphatic rings. The van der Waals surface area contributed by atoms with Crippen molar-refractivity contribution in [1.82, 2.24) is 40.0 Å². The van der Waals surface area contributed by atoms with Crippen LogP contribution in [-0.2, 0) is 67.1 Å². The molecule has 3 unspecified atom stereocenters. The molecule has 0 saturated heterocycles. The van der Waals surface area contributed by atoms with Crippen molar-refractivity contribution in [2.75, 3.05) is 19.8 Å². The van der Waals surface area contributed by atoms with Gasteiger partial charge in [0.25, 0.3) is 0 Å². The number of aliphatic hydroxyl groups excluding tert-OH is 2. The monoisotopic (exact) mass is 1900 g/mol. The lowest BCUT2D eigenvalue weighted by atomic mass is 9.96. The van der Waals surface area contributed by atoms with Crippen LogP contribution in [0.5, 0.6) is 0 Å². The van der Waals surface area contributed by atoms with Gasteiger partial charge in [-0.25, -0.2) is 41.0 Å². The van der Waals surface area contributed by atoms with Gasteiger partial charge in [0.2, 0.25) is 9.23 Å². The van der Waals surface area contributed by atoms with Crippen molar-refractivity contribution in [3.63, 3.8) is 0 Å². The highest BCUT2D eigenvalue weighted by molar-refractivity contribution is 8.26. The molecule has 12 aromatic rings. The van der Waals surface area contributed by atoms with E-state index in [1.807, 2.05) is 91.9 Å². The number of aromatic nitrogens is 6. The number of rotatable bonds is 30. The van der Waals surface area contributed by atoms with Crippen molar-refractivity contribution in [2.45, 2.75) is 169 Å². The molecule has 3 fully saturated rings. The third-order valence-corrected chi connectivity index (χ3v) is 21.3. The largest absolute Gasteiger partial charge is 0.444 e. The zero-order chi connectivity index (χ0) is 95.8. The number of Topliss-reactive ketones (excluding diaryl/α,β-unsaturated/α-hetero) is 3. The lowest BCUT2D eigenvalue weighted by Gasteiger charge is -2.20. The Bertz CT molecular complexity index is 6260. The molecule has 0 bridgehead atoms. The molecule has 3 atom stereocenters. The zero-order valence-electron chi connectivity index (χ0n) is 75.6. The molecule has 31 heteroatoms. The Morgan fingerprint density at radius 1 is 0.463 bits per heavy atom. The topological polar surface area (TPSA) is 355 Å². The number of carbonyl (C=O) groups excluding carboxylic acids is 5. The summed E-state index contributed by atoms with van der Waals surface area (Å²) in [7, 11) is 7.36. The molecule has 3 heterocycles. The van der Waals surface area contributed by atoms with Gasteiger partial charge in [0.05, 0.1) is 82.3 Å². The van der Waals surface area contributed by atoms with Gasteiger partial charge in [0, 0.05) is 66.9 Å². The van der Waals surface area contributed by atoms with Crippen LogP contribution < -0.4 is 16.4 Å². The van der Waals surface area contributed by atoms with Crippen LogP contribution >= 0.6 is 33.8 Å². The predicted octanol–water partition coefficient (Wildman–Crippen LogP) is 20.3. The van der Waals surface area contributed by atoms with Gasteiger partial charge in [-0.1, -0.05) is 91.0 Å². The van der Waals surface area contributed by atoms with Crippen LogP contribution in [0.1, 0.15) is 230 Å². The van der Waals surface area contributed by atoms with Crippen LogP contribution in [0.3, 0.4) is 0 Å². The molecule has 3 saturated carbocycles. The molecule has 0 radical (unpaired) electrons. The average molecular weight is 1900 g/mol. The highest BCUT2D eigenvalue weighted by atomic mass is 36.0. The average Bonchev–Trinajstić information content (AvgIpc) is 1.64. The fourth-order valence-corrected chi connectivity index (χ4v) is 14.1. The maximum atomic E-state index is 15.2. The number of hydrogen-bond acceptors (Lipinski definition) is 19. The number of halogens is 6. The first kappa shape index (κ1) is 103. The van der Waals surface area contributed by atoms with Crippen molar-refractivity contribution < 1.29 is 70.5 Å². The normalized spacial score (nSPS) is 13.2. The van der Waals surface area contributed by atoms with E-state index in [1.165, 1.54) is 47.9 Å². The maximum Gasteiger partial charge on any atom is 0.407 e. The van der Waals surface area contributed by atoms with Crippen molar-refractivity contribution in [2.24, 2.45) is 23.5 Å². The lowest BCUT2D eigenvalue weighted by molar-refractivity contribution is 0.0512. The van der Waals surface area contributed by atoms with Crippen molar-refractivity contribution in [3.05, 3.63) is 353 Å². The van der Waals surface area contributed by atoms with Crippen LogP contribution in [0.25, 0.3) is 17.1 Å². The maximum absolute atomic E-state index is 15.2. The van der Waals surface area contributed by atoms with Crippen LogP contribution in [-0.4, -0.2) is 104 Å². The summed E-state index contributed by atoms with van der Waals surface area (Å²) in [4.78, 5) is 64.8. The van der Waals surface area contributed by atoms with E-state index >= 15 is 4.39 Å². The minimum absolute atomic E-state index is 0. The number of nitrogens with one attached hydrogen (secondary N) is 2. The van der Waals surface area contributed by atoms with Gasteiger partial charge in [0.15, 0.2) is 17.3 Å². The Morgan fingerprint density at radius 3 is 1.06 bits per heavy atom. The molecular weight excluding hydrogens is 1790 g/mol. The highest BCUT2D eigenvalue weighted by Gasteiger charge is 2.30. The van der Waals surface area contributed by atoms with Crippen LogP contribution in [0, 0.1) is 90.0 Å². The minimum Gasteiger partial charge on any atom is -0.444 e. The summed E-state index contributed by atoms with van der Waals surface area (Å²) in [6.45, 7) is 18.5. The number of benzene rings is 9. The van der Waals surface area contributed by atoms with Gasteiger partial charge >= 0.3 is 12.2 Å². The van der Waals surface area contributed by atoms with Gasteiger partial charge < -0.3 is 45.5 Å². The molecule has 134 heavy (non-hydrogen) atoms. The Morgan fingerprint density at radius 2 is 0.761 bits per heavy atom. The SMILES string of the molecule is Cc1cc(C(=O)Cc2cc(C(O)c3ccc(C#N)cc3)ccc2F)n(-c2cccc(CNC(=O)OC(C)(C)C)c2)n1.Cc1cc(C(=O)Cc2cc(C(OCC3CC3)c3ccc(C#N)cc3)ccc2F)n(-c2cccc(CN)c2)n1.Cc1cc(C(=O)Cc2cc(C(OCC3CC3)c3ccc(C#N)cc3)ccc2F)n(-c2cccc(CNC(=O)OC(C)(C)C)c2)n1.Cl.O=S(Cl)Cl.OCC1CC1. The van der Waals surface area contributed by atoms with E-state index in [-0.39, 0.29) is 78.9 Å². The van der Waals surface area contributed by atoms with E-state index < -0.39 is 68.4 Å². The lowest BCUT2D eigenvalue weighted by Crippen LogP contribution is -2.32. The van der Waals surface area contributed by atoms with Crippen molar-refractivity contribution in [3.8, 4) is 35.3 Å². The van der Waals surface area contributed by atoms with E-state index in [0.717, 1.165) is 70.3 Å². The van der Waals surface area contributed by atoms with Crippen molar-refractivity contribution in [1.29, 1.82) is 15.8 Å². The molecule has 0 spiro atoms. The standard InChI is InChI=1S/C36H37FN4O4.C32H31FN4O4.C31H29FN4O2.C4H8O.Cl2OS.ClH/c1-23-16-32(41(40-23)30-7-5-6-26(17-30)21-39-35(43)45-36(2,3)4)33(42)19-29-18-28(14-15-31(29)37)34(44-22-25-8-9-25)27-12-10-24(20-38)11-13-27;1-20-14-28(37(36-20)26-7-5-6-22(15-26)19-35-31(40)41-32(2,3)4)29(38)17-25-16-24(12-13-27(25)33)30(39)23-10-8-21(18-34)9-11-23;1-20-13-29(36(35-20)27-4-2-3-23(14-27)18-34)30(37)16-26-15-25(11-12-28(26)32)31(38-19-22-5-6-22)24-9-7-21(17-33)8-10-24;5-3-4-1-2-4;1-4(2)3;/h5-7,10-18,25,34H,8-9,19,21-22H2,1-4H3,(H,39,43);5-16,30,39H,17,19H2,1-4H3,(H,35,40);2-4,7-15,22,31H,5-6,16,18-19,34H2,1H3;4-5H,1-3H2;;1H. The third kappa shape index (κ3) is 31.2. The summed E-state index contributed by atoms with van der Waals surface area (Å²) in [5, 5.41) is 65.4. The summed E-state index contributed by atoms with van der Waals surface area (Å²) >= 11 is 0. The summed E-state index contributed by atoms with van der Waals surface area (Å²) < 4.78 is 81.9. The van der Waals surface area contributed by atoms with E-state index in [4.69, 9.17) is 44.5 Å². The Hall–Kier alpha value is -12.8. The van der Waals surface area contributed by atoms with Gasteiger partial charge in [-0.15, -0.1) is 12.4 Å². The molecule has 3 aromatic heterocycles. The number of ether oxygens (including phenoxy) is 4. The van der Waals surface area contributed by atoms with Crippen molar-refractivity contribution >= 4 is 72.5 Å². The number of ketones is 3. The Labute approximate surface area is 795 Å². The molecule has 6 N–H and O–H groups in total. The summed E-state index contributed by atoms with van der Waals surface area (Å²) in [5.41, 5.74) is 18.4. The second-order valence-corrected chi connectivity index (χ2v) is 37.3. The van der Waals surface area contributed by atoms with Gasteiger partial charge in [-0.3, -0.25) is 14.4 Å². The fraction of sp³-hybridized carbons (Fsp3) is 0.311. The molecular formula is C103H106Cl3F3N12O12S. The molecule has 15 rings (SSSR count). The number of aliphatic hydroxyl groups is 2. The fourth-order valence-electron chi connectivity index (χ4n) is 14.1. The second kappa shape index (κ2) is 48.2. The summed E-state index contributed by atoms with van der Waals surface area (Å²) in [6.07, 6.45) is 3.51. The molecule has 24 nitrogen and oxygen atoms in total. The smallest absolute Gasteiger partial charge is 0.407 e. The third-order valence-electron chi connectivity index (χ3n) is 21.3. The summed E-state index contributed by atoms with van der Waals surface area (Å²) in [6, 6.07) is 68.0. The Kier molecular flexibility index (Phi) is 37.2. The minimum atomic E-state index is -1.67. The number of amides is 2. The number of nitrogens with two attached hydrogens (primary N) is 1. The van der Waals surface area contributed by atoms with Gasteiger partial charge in [-0.05, 0) is 313 Å². The molecule has 9 aromatic carbocycles. The number of nitrogens with zero attached hydrogens (tertiary/aromatic N) is 9. The van der Waals surface area contributed by atoms with E-state index in [2.05, 4.69) is 59.4 Å². The molecule has 2 amide bonds. The Balaban J connectivity index is 0.000000198. The van der Waals surface area contributed by atoms with E-state index in [1.54, 1.807) is 174 Å². The van der Waals surface area contributed by atoms with E-state index in [9.17, 15) is 43.1 Å². The second-order valence-electron chi connectivity index (χ2n) is 34.8. The number of nitriles is 3. The zero-order valence-corrected chi connectivity index (χ0v) is 78.8. The van der Waals surface area contributed by atoms with Crippen LogP contribution in [0.4, 0.5) is 22.8 Å². The first-order valence-electron chi connectivity index (χ1n) is 43.4. The van der Waals surface area contributed by atoms with Gasteiger partial charge in [0.1, 0.15) is 64.0 Å². The van der Waals surface area contributed by atoms with Crippen LogP contribution in [0.2, 0.25) is 0 Å². The van der Waals surface area contributed by atoms with E-state index in [0.29, 0.717) is 117 Å². The molecule has 3 aliphatic carbocycles. The van der Waals surface area contributed by atoms with Crippen LogP contribution in [0.15, 0.2) is 218 Å². The number of hydrogen-bond donors (Lipinski definition) is 5. The predicted molar refractivity (Wildman–Crippen MR) is 508 cm³/mol. The molecule has 0 aliphatic heterocycles. The quantitative estimate of drug-likeness (QED) is 0.0206. The first-order valence-corrected chi connectivity index (χ1v) is 46.2.